The van der Waals surface area contributed by atoms with Crippen LogP contribution in [0.2, 0.25) is 0 Å². The summed E-state index contributed by atoms with van der Waals surface area (Å²) < 4.78 is 6.86. The first-order valence-corrected chi connectivity index (χ1v) is 8.74. The van der Waals surface area contributed by atoms with Crippen molar-refractivity contribution in [2.24, 2.45) is 7.05 Å². The van der Waals surface area contributed by atoms with Gasteiger partial charge in [0.25, 0.3) is 0 Å². The van der Waals surface area contributed by atoms with E-state index in [4.69, 9.17) is 4.52 Å². The molecular weight excluding hydrogens is 338 g/mol. The van der Waals surface area contributed by atoms with E-state index >= 15 is 0 Å². The first-order chi connectivity index (χ1) is 12.0. The zero-order valence-corrected chi connectivity index (χ0v) is 15.1. The van der Waals surface area contributed by atoms with Gasteiger partial charge < -0.3 is 14.4 Å². The number of benzene rings is 1. The minimum atomic E-state index is -0.343. The highest BCUT2D eigenvalue weighted by Gasteiger charge is 2.20. The van der Waals surface area contributed by atoms with Crippen molar-refractivity contribution in [1.29, 1.82) is 0 Å². The summed E-state index contributed by atoms with van der Waals surface area (Å²) in [5, 5.41) is 15.3. The summed E-state index contributed by atoms with van der Waals surface area (Å²) in [7, 11) is 1.91. The highest BCUT2D eigenvalue weighted by molar-refractivity contribution is 8.00. The predicted molar refractivity (Wildman–Crippen MR) is 95.4 cm³/mol. The summed E-state index contributed by atoms with van der Waals surface area (Å²) in [6, 6.07) is 11.8. The number of thioether (sulfide) groups is 1. The Labute approximate surface area is 149 Å². The largest absolute Gasteiger partial charge is 0.360 e. The minimum Gasteiger partial charge on any atom is -0.360 e. The van der Waals surface area contributed by atoms with Crippen molar-refractivity contribution in [3.63, 3.8) is 0 Å². The molecule has 0 spiro atoms. The molecule has 0 saturated heterocycles. The Morgan fingerprint density at radius 1 is 1.32 bits per heavy atom. The van der Waals surface area contributed by atoms with Gasteiger partial charge in [0.1, 0.15) is 11.6 Å². The second kappa shape index (κ2) is 7.52. The molecule has 3 rings (SSSR count). The standard InChI is InChI=1S/C17H19N5O2S/c1-11-9-14(21-24-11)18-16(23)12(2)25-17-20-19-15(22(17)3)10-13-7-5-4-6-8-13/h4-9,12H,10H2,1-3H3,(H,18,21,23)/t12-/m0/s1. The Balaban J connectivity index is 1.63. The summed E-state index contributed by atoms with van der Waals surface area (Å²) in [6.45, 7) is 3.59. The first kappa shape index (κ1) is 17.2. The van der Waals surface area contributed by atoms with Crippen molar-refractivity contribution in [3.8, 4) is 0 Å². The normalized spacial score (nSPS) is 12.1. The molecule has 1 atom stereocenters. The van der Waals surface area contributed by atoms with Crippen molar-refractivity contribution in [2.45, 2.75) is 30.7 Å². The third kappa shape index (κ3) is 4.27. The maximum absolute atomic E-state index is 12.3. The Bertz CT molecular complexity index is 859. The first-order valence-electron chi connectivity index (χ1n) is 7.86. The van der Waals surface area contributed by atoms with Crippen LogP contribution in [0.25, 0.3) is 0 Å². The third-order valence-electron chi connectivity index (χ3n) is 3.66. The van der Waals surface area contributed by atoms with Gasteiger partial charge in [0.2, 0.25) is 5.91 Å². The number of aromatic nitrogens is 4. The van der Waals surface area contributed by atoms with Gasteiger partial charge >= 0.3 is 0 Å². The van der Waals surface area contributed by atoms with Crippen molar-refractivity contribution in [3.05, 3.63) is 53.5 Å². The Morgan fingerprint density at radius 3 is 2.76 bits per heavy atom. The van der Waals surface area contributed by atoms with E-state index in [9.17, 15) is 4.79 Å². The van der Waals surface area contributed by atoms with E-state index in [2.05, 4.69) is 32.8 Å². The summed E-state index contributed by atoms with van der Waals surface area (Å²) in [5.74, 6) is 1.76. The molecule has 0 bridgehead atoms. The number of hydrogen-bond acceptors (Lipinski definition) is 6. The molecule has 3 aromatic rings. The quantitative estimate of drug-likeness (QED) is 0.683. The molecule has 25 heavy (non-hydrogen) atoms. The molecule has 2 aromatic heterocycles. The van der Waals surface area contributed by atoms with E-state index < -0.39 is 0 Å². The van der Waals surface area contributed by atoms with Crippen LogP contribution in [-0.2, 0) is 18.3 Å². The van der Waals surface area contributed by atoms with E-state index in [-0.39, 0.29) is 11.2 Å². The number of anilines is 1. The van der Waals surface area contributed by atoms with E-state index in [1.165, 1.54) is 17.3 Å². The summed E-state index contributed by atoms with van der Waals surface area (Å²) in [5.41, 5.74) is 1.17. The molecule has 0 aliphatic heterocycles. The van der Waals surface area contributed by atoms with Gasteiger partial charge in [-0.25, -0.2) is 0 Å². The molecule has 1 aromatic carbocycles. The van der Waals surface area contributed by atoms with Gasteiger partial charge in [0.05, 0.1) is 5.25 Å². The van der Waals surface area contributed by atoms with Crippen molar-refractivity contribution in [2.75, 3.05) is 5.32 Å². The summed E-state index contributed by atoms with van der Waals surface area (Å²) in [6.07, 6.45) is 0.698. The van der Waals surface area contributed by atoms with Gasteiger partial charge in [-0.05, 0) is 19.4 Å². The molecule has 0 radical (unpaired) electrons. The maximum atomic E-state index is 12.3. The van der Waals surface area contributed by atoms with Crippen LogP contribution in [0.15, 0.2) is 46.1 Å². The lowest BCUT2D eigenvalue weighted by Gasteiger charge is -2.10. The summed E-state index contributed by atoms with van der Waals surface area (Å²) >= 11 is 1.35. The second-order valence-corrected chi connectivity index (χ2v) is 7.00. The zero-order valence-electron chi connectivity index (χ0n) is 14.3. The molecule has 1 N–H and O–H groups in total. The van der Waals surface area contributed by atoms with Crippen LogP contribution < -0.4 is 5.32 Å². The monoisotopic (exact) mass is 357 g/mol. The van der Waals surface area contributed by atoms with Crippen molar-refractivity contribution >= 4 is 23.5 Å². The fourth-order valence-corrected chi connectivity index (χ4v) is 3.08. The highest BCUT2D eigenvalue weighted by atomic mass is 32.2. The molecule has 0 saturated carbocycles. The number of amides is 1. The number of rotatable bonds is 6. The molecule has 0 aliphatic carbocycles. The molecule has 2 heterocycles. The lowest BCUT2D eigenvalue weighted by atomic mass is 10.1. The Morgan fingerprint density at radius 2 is 2.08 bits per heavy atom. The smallest absolute Gasteiger partial charge is 0.238 e. The SMILES string of the molecule is Cc1cc(NC(=O)[C@H](C)Sc2nnc(Cc3ccccc3)n2C)no1. The molecule has 0 aliphatic rings. The van der Waals surface area contributed by atoms with E-state index in [0.29, 0.717) is 23.2 Å². The van der Waals surface area contributed by atoms with E-state index in [1.54, 1.807) is 13.0 Å². The molecule has 8 heteroatoms. The van der Waals surface area contributed by atoms with Crippen molar-refractivity contribution < 1.29 is 9.32 Å². The molecule has 1 amide bonds. The Hall–Kier alpha value is -2.61. The number of carbonyl (C=O) groups excluding carboxylic acids is 1. The van der Waals surface area contributed by atoms with E-state index in [1.807, 2.05) is 36.7 Å². The van der Waals surface area contributed by atoms with Gasteiger partial charge in [-0.1, -0.05) is 47.3 Å². The number of aryl methyl sites for hydroxylation is 1. The fourth-order valence-electron chi connectivity index (χ4n) is 2.24. The van der Waals surface area contributed by atoms with Gasteiger partial charge in [-0.2, -0.15) is 0 Å². The predicted octanol–water partition coefficient (Wildman–Crippen LogP) is 2.82. The highest BCUT2D eigenvalue weighted by Crippen LogP contribution is 2.23. The minimum absolute atomic E-state index is 0.161. The van der Waals surface area contributed by atoms with Crippen LogP contribution in [-0.4, -0.2) is 31.1 Å². The van der Waals surface area contributed by atoms with Crippen molar-refractivity contribution in [1.82, 2.24) is 19.9 Å². The van der Waals surface area contributed by atoms with Gasteiger partial charge in [-0.15, -0.1) is 10.2 Å². The fraction of sp³-hybridized carbons (Fsp3) is 0.294. The second-order valence-electron chi connectivity index (χ2n) is 5.69. The van der Waals surface area contributed by atoms with Crippen LogP contribution >= 0.6 is 11.8 Å². The van der Waals surface area contributed by atoms with Gasteiger partial charge in [0.15, 0.2) is 11.0 Å². The molecule has 7 nitrogen and oxygen atoms in total. The zero-order chi connectivity index (χ0) is 17.8. The van der Waals surface area contributed by atoms with Crippen LogP contribution in [0.4, 0.5) is 5.82 Å². The average molecular weight is 357 g/mol. The van der Waals surface area contributed by atoms with Crippen LogP contribution in [0.1, 0.15) is 24.1 Å². The lowest BCUT2D eigenvalue weighted by molar-refractivity contribution is -0.115. The van der Waals surface area contributed by atoms with Crippen LogP contribution in [0, 0.1) is 6.92 Å². The number of nitrogens with zero attached hydrogens (tertiary/aromatic N) is 4. The van der Waals surface area contributed by atoms with Crippen LogP contribution in [0.3, 0.4) is 0 Å². The van der Waals surface area contributed by atoms with Gasteiger partial charge in [0, 0.05) is 19.5 Å². The van der Waals surface area contributed by atoms with E-state index in [0.717, 1.165) is 5.82 Å². The number of carbonyl (C=O) groups is 1. The molecular formula is C17H19N5O2S. The molecule has 0 fully saturated rings. The summed E-state index contributed by atoms with van der Waals surface area (Å²) in [4.78, 5) is 12.3. The van der Waals surface area contributed by atoms with Crippen LogP contribution in [0.5, 0.6) is 0 Å². The van der Waals surface area contributed by atoms with Gasteiger partial charge in [-0.3, -0.25) is 4.79 Å². The maximum Gasteiger partial charge on any atom is 0.238 e. The topological polar surface area (TPSA) is 85.8 Å². The number of nitrogens with one attached hydrogen (secondary N) is 1. The number of hydrogen-bond donors (Lipinski definition) is 1. The molecule has 130 valence electrons. The molecule has 0 unspecified atom stereocenters. The third-order valence-corrected chi connectivity index (χ3v) is 4.79. The average Bonchev–Trinajstić information content (AvgIpc) is 3.16. The lowest BCUT2D eigenvalue weighted by Crippen LogP contribution is -2.23. The Kier molecular flexibility index (Phi) is 5.18.